The smallest absolute Gasteiger partial charge is 0.277 e. The SMILES string of the molecule is CC(C)Oc1ccc(C2=C(N3CCOCC3)C(=O)N(CCN3CCOCC3)C2=O)cc1. The lowest BCUT2D eigenvalue weighted by Gasteiger charge is -2.30. The molecule has 1 aromatic rings. The summed E-state index contributed by atoms with van der Waals surface area (Å²) in [4.78, 5) is 32.4. The summed E-state index contributed by atoms with van der Waals surface area (Å²) in [6, 6.07) is 7.44. The molecule has 0 bridgehead atoms. The van der Waals surface area contributed by atoms with Gasteiger partial charge in [-0.2, -0.15) is 0 Å². The number of carbonyl (C=O) groups is 2. The molecular weight excluding hydrogens is 398 g/mol. The minimum Gasteiger partial charge on any atom is -0.491 e. The Labute approximate surface area is 183 Å². The standard InChI is InChI=1S/C23H31N3O5/c1-17(2)31-19-5-3-18(4-6-19)20-21(25-11-15-30-16-12-25)23(28)26(22(20)27)8-7-24-9-13-29-14-10-24/h3-6,17H,7-16H2,1-2H3. The summed E-state index contributed by atoms with van der Waals surface area (Å²) in [5.41, 5.74) is 1.71. The van der Waals surface area contributed by atoms with E-state index in [4.69, 9.17) is 14.2 Å². The van der Waals surface area contributed by atoms with E-state index in [1.54, 1.807) is 0 Å². The summed E-state index contributed by atoms with van der Waals surface area (Å²) < 4.78 is 16.6. The molecule has 2 fully saturated rings. The van der Waals surface area contributed by atoms with Crippen LogP contribution in [0.2, 0.25) is 0 Å². The first-order chi connectivity index (χ1) is 15.0. The van der Waals surface area contributed by atoms with Gasteiger partial charge in [0.05, 0.1) is 38.1 Å². The molecule has 0 atom stereocenters. The second-order valence-electron chi connectivity index (χ2n) is 8.23. The fraction of sp³-hybridized carbons (Fsp3) is 0.565. The van der Waals surface area contributed by atoms with Crippen LogP contribution in [0.1, 0.15) is 19.4 Å². The molecule has 0 unspecified atom stereocenters. The summed E-state index contributed by atoms with van der Waals surface area (Å²) in [6.45, 7) is 10.3. The molecule has 0 N–H and O–H groups in total. The number of carbonyl (C=O) groups excluding carboxylic acids is 2. The van der Waals surface area contributed by atoms with Gasteiger partial charge >= 0.3 is 0 Å². The van der Waals surface area contributed by atoms with Gasteiger partial charge in [-0.1, -0.05) is 12.1 Å². The minimum atomic E-state index is -0.225. The summed E-state index contributed by atoms with van der Waals surface area (Å²) in [5.74, 6) is 0.308. The fourth-order valence-corrected chi connectivity index (χ4v) is 4.15. The van der Waals surface area contributed by atoms with Crippen molar-refractivity contribution >= 4 is 17.4 Å². The van der Waals surface area contributed by atoms with Gasteiger partial charge < -0.3 is 19.1 Å². The highest BCUT2D eigenvalue weighted by Gasteiger charge is 2.41. The molecule has 31 heavy (non-hydrogen) atoms. The van der Waals surface area contributed by atoms with E-state index in [1.165, 1.54) is 4.90 Å². The first-order valence-electron chi connectivity index (χ1n) is 11.0. The molecule has 0 spiro atoms. The Morgan fingerprint density at radius 2 is 1.48 bits per heavy atom. The molecule has 0 aliphatic carbocycles. The molecular formula is C23H31N3O5. The van der Waals surface area contributed by atoms with Crippen LogP contribution in [0.15, 0.2) is 30.0 Å². The number of rotatable bonds is 7. The van der Waals surface area contributed by atoms with Gasteiger partial charge in [-0.05, 0) is 31.5 Å². The zero-order valence-corrected chi connectivity index (χ0v) is 18.3. The van der Waals surface area contributed by atoms with Crippen LogP contribution >= 0.6 is 0 Å². The highest BCUT2D eigenvalue weighted by atomic mass is 16.5. The molecule has 4 rings (SSSR count). The van der Waals surface area contributed by atoms with E-state index in [2.05, 4.69) is 4.90 Å². The number of hydrogen-bond donors (Lipinski definition) is 0. The van der Waals surface area contributed by atoms with Gasteiger partial charge in [-0.3, -0.25) is 19.4 Å². The summed E-state index contributed by atoms with van der Waals surface area (Å²) in [6.07, 6.45) is 0.0688. The summed E-state index contributed by atoms with van der Waals surface area (Å²) in [5, 5.41) is 0. The van der Waals surface area contributed by atoms with E-state index in [9.17, 15) is 9.59 Å². The molecule has 8 nitrogen and oxygen atoms in total. The van der Waals surface area contributed by atoms with Crippen LogP contribution in [0.25, 0.3) is 5.57 Å². The van der Waals surface area contributed by atoms with Crippen LogP contribution in [-0.2, 0) is 19.1 Å². The molecule has 3 aliphatic rings. The molecule has 0 aromatic heterocycles. The number of benzene rings is 1. The van der Waals surface area contributed by atoms with Gasteiger partial charge in [-0.25, -0.2) is 0 Å². The third kappa shape index (κ3) is 4.92. The number of ether oxygens (including phenoxy) is 3. The third-order valence-electron chi connectivity index (χ3n) is 5.73. The van der Waals surface area contributed by atoms with Crippen molar-refractivity contribution in [2.45, 2.75) is 20.0 Å². The van der Waals surface area contributed by atoms with E-state index in [0.717, 1.165) is 24.4 Å². The Hall–Kier alpha value is -2.42. The van der Waals surface area contributed by atoms with Crippen molar-refractivity contribution in [1.29, 1.82) is 0 Å². The fourth-order valence-electron chi connectivity index (χ4n) is 4.15. The van der Waals surface area contributed by atoms with Gasteiger partial charge in [0.1, 0.15) is 11.4 Å². The predicted molar refractivity (Wildman–Crippen MR) is 115 cm³/mol. The summed E-state index contributed by atoms with van der Waals surface area (Å²) >= 11 is 0. The van der Waals surface area contributed by atoms with Crippen molar-refractivity contribution in [3.05, 3.63) is 35.5 Å². The van der Waals surface area contributed by atoms with E-state index in [0.29, 0.717) is 63.9 Å². The Morgan fingerprint density at radius 3 is 2.10 bits per heavy atom. The maximum Gasteiger partial charge on any atom is 0.277 e. The Morgan fingerprint density at radius 1 is 0.871 bits per heavy atom. The molecule has 0 saturated carbocycles. The molecule has 168 valence electrons. The van der Waals surface area contributed by atoms with Crippen LogP contribution in [-0.4, -0.2) is 98.3 Å². The third-order valence-corrected chi connectivity index (χ3v) is 5.73. The topological polar surface area (TPSA) is 71.6 Å². The Balaban J connectivity index is 1.58. The number of morpholine rings is 2. The average molecular weight is 430 g/mol. The molecule has 3 aliphatic heterocycles. The monoisotopic (exact) mass is 429 g/mol. The lowest BCUT2D eigenvalue weighted by Crippen LogP contribution is -2.44. The van der Waals surface area contributed by atoms with E-state index < -0.39 is 0 Å². The van der Waals surface area contributed by atoms with Crippen LogP contribution in [0.5, 0.6) is 5.75 Å². The predicted octanol–water partition coefficient (Wildman–Crippen LogP) is 1.22. The molecule has 8 heteroatoms. The van der Waals surface area contributed by atoms with E-state index in [1.807, 2.05) is 43.0 Å². The maximum absolute atomic E-state index is 13.4. The Bertz CT molecular complexity index is 824. The van der Waals surface area contributed by atoms with Gasteiger partial charge in [0.15, 0.2) is 0 Å². The zero-order valence-electron chi connectivity index (χ0n) is 18.3. The Kier molecular flexibility index (Phi) is 6.89. The van der Waals surface area contributed by atoms with Crippen molar-refractivity contribution in [1.82, 2.24) is 14.7 Å². The largest absolute Gasteiger partial charge is 0.491 e. The second kappa shape index (κ2) is 9.80. The molecule has 2 amide bonds. The minimum absolute atomic E-state index is 0.0688. The van der Waals surface area contributed by atoms with E-state index >= 15 is 0 Å². The first kappa shape index (κ1) is 21.8. The maximum atomic E-state index is 13.4. The quantitative estimate of drug-likeness (QED) is 0.604. The first-order valence-corrected chi connectivity index (χ1v) is 11.0. The van der Waals surface area contributed by atoms with Crippen molar-refractivity contribution in [2.24, 2.45) is 0 Å². The highest BCUT2D eigenvalue weighted by Crippen LogP contribution is 2.33. The second-order valence-corrected chi connectivity index (χ2v) is 8.23. The van der Waals surface area contributed by atoms with Crippen molar-refractivity contribution in [3.8, 4) is 5.75 Å². The number of hydrogen-bond acceptors (Lipinski definition) is 7. The number of amides is 2. The average Bonchev–Trinajstić information content (AvgIpc) is 3.03. The normalized spacial score (nSPS) is 20.9. The summed E-state index contributed by atoms with van der Waals surface area (Å²) in [7, 11) is 0. The van der Waals surface area contributed by atoms with Crippen molar-refractivity contribution < 1.29 is 23.8 Å². The number of imide groups is 1. The molecule has 0 radical (unpaired) electrons. The molecule has 3 heterocycles. The van der Waals surface area contributed by atoms with Gasteiger partial charge in [-0.15, -0.1) is 0 Å². The van der Waals surface area contributed by atoms with Crippen LogP contribution in [0.4, 0.5) is 0 Å². The van der Waals surface area contributed by atoms with Crippen molar-refractivity contribution in [2.75, 3.05) is 65.7 Å². The van der Waals surface area contributed by atoms with Gasteiger partial charge in [0, 0.05) is 39.3 Å². The highest BCUT2D eigenvalue weighted by molar-refractivity contribution is 6.35. The van der Waals surface area contributed by atoms with Crippen LogP contribution < -0.4 is 4.74 Å². The molecule has 2 saturated heterocycles. The lowest BCUT2D eigenvalue weighted by atomic mass is 10.0. The van der Waals surface area contributed by atoms with Crippen molar-refractivity contribution in [3.63, 3.8) is 0 Å². The zero-order chi connectivity index (χ0) is 21.8. The van der Waals surface area contributed by atoms with E-state index in [-0.39, 0.29) is 17.9 Å². The van der Waals surface area contributed by atoms with Gasteiger partial charge in [0.25, 0.3) is 11.8 Å². The van der Waals surface area contributed by atoms with Gasteiger partial charge in [0.2, 0.25) is 0 Å². The lowest BCUT2D eigenvalue weighted by molar-refractivity contribution is -0.138. The number of nitrogens with zero attached hydrogens (tertiary/aromatic N) is 3. The van der Waals surface area contributed by atoms with Crippen LogP contribution in [0.3, 0.4) is 0 Å². The van der Waals surface area contributed by atoms with Crippen LogP contribution in [0, 0.1) is 0 Å². The molecule has 1 aromatic carbocycles.